The van der Waals surface area contributed by atoms with Crippen LogP contribution in [-0.2, 0) is 6.54 Å². The Labute approximate surface area is 239 Å². The van der Waals surface area contributed by atoms with Crippen molar-refractivity contribution in [2.24, 2.45) is 4.99 Å². The summed E-state index contributed by atoms with van der Waals surface area (Å²) in [4.78, 5) is 9.60. The van der Waals surface area contributed by atoms with Crippen molar-refractivity contribution in [3.63, 3.8) is 0 Å². The molecule has 39 heavy (non-hydrogen) atoms. The summed E-state index contributed by atoms with van der Waals surface area (Å²) < 4.78 is 3.15. The highest BCUT2D eigenvalue weighted by atomic mass is 79.9. The van der Waals surface area contributed by atoms with E-state index in [1.807, 2.05) is 42.5 Å². The number of aromatic nitrogens is 1. The van der Waals surface area contributed by atoms with Crippen LogP contribution in [0.4, 0.5) is 11.5 Å². The standard InChI is InChI=1S/C32H33BrN6/c33-28-14-12-26(13-15-28)23-39-24-31(27-8-3-1-4-9-27)30(22-34)32(39)36-25-35-16-7-17-37-18-20-38(21-19-37)29-10-5-2-6-11-29/h1-6,8-15,24-25H,7,16-21,23H2,(H,35,36). The highest BCUT2D eigenvalue weighted by Gasteiger charge is 2.18. The number of piperazine rings is 1. The number of para-hydroxylation sites is 1. The minimum Gasteiger partial charge on any atom is -0.369 e. The predicted molar refractivity (Wildman–Crippen MR) is 165 cm³/mol. The second-order valence-corrected chi connectivity index (χ2v) is 10.6. The lowest BCUT2D eigenvalue weighted by molar-refractivity contribution is 0.256. The predicted octanol–water partition coefficient (Wildman–Crippen LogP) is 6.49. The third-order valence-electron chi connectivity index (χ3n) is 7.09. The molecular formula is C32H33BrN6. The van der Waals surface area contributed by atoms with Crippen LogP contribution in [0.1, 0.15) is 17.5 Å². The molecule has 2 heterocycles. The number of benzene rings is 3. The Morgan fingerprint density at radius 3 is 2.28 bits per heavy atom. The molecule has 5 rings (SSSR count). The first kappa shape index (κ1) is 26.7. The molecule has 1 saturated heterocycles. The highest BCUT2D eigenvalue weighted by Crippen LogP contribution is 2.31. The fraction of sp³-hybridized carbons (Fsp3) is 0.250. The van der Waals surface area contributed by atoms with Gasteiger partial charge >= 0.3 is 0 Å². The van der Waals surface area contributed by atoms with E-state index in [1.165, 1.54) is 5.69 Å². The summed E-state index contributed by atoms with van der Waals surface area (Å²) in [7, 11) is 0. The Morgan fingerprint density at radius 2 is 1.59 bits per heavy atom. The van der Waals surface area contributed by atoms with E-state index in [4.69, 9.17) is 0 Å². The van der Waals surface area contributed by atoms with Gasteiger partial charge in [0.15, 0.2) is 0 Å². The Balaban J connectivity index is 1.19. The quantitative estimate of drug-likeness (QED) is 0.132. The minimum atomic E-state index is 0.626. The van der Waals surface area contributed by atoms with E-state index in [1.54, 1.807) is 6.34 Å². The monoisotopic (exact) mass is 580 g/mol. The van der Waals surface area contributed by atoms with E-state index in [0.29, 0.717) is 12.1 Å². The summed E-state index contributed by atoms with van der Waals surface area (Å²) in [5.74, 6) is 0.764. The van der Waals surface area contributed by atoms with Crippen LogP contribution >= 0.6 is 15.9 Å². The van der Waals surface area contributed by atoms with Gasteiger partial charge in [-0.2, -0.15) is 5.26 Å². The number of nitriles is 1. The summed E-state index contributed by atoms with van der Waals surface area (Å²) in [6.07, 6.45) is 4.81. The van der Waals surface area contributed by atoms with E-state index in [-0.39, 0.29) is 0 Å². The van der Waals surface area contributed by atoms with Gasteiger partial charge in [0.25, 0.3) is 0 Å². The number of rotatable bonds is 10. The second-order valence-electron chi connectivity index (χ2n) is 9.70. The van der Waals surface area contributed by atoms with Crippen LogP contribution in [0.25, 0.3) is 11.1 Å². The lowest BCUT2D eigenvalue weighted by atomic mass is 10.1. The van der Waals surface area contributed by atoms with E-state index in [2.05, 4.69) is 95.3 Å². The maximum atomic E-state index is 10.1. The van der Waals surface area contributed by atoms with Crippen LogP contribution in [0.15, 0.2) is 101 Å². The van der Waals surface area contributed by atoms with E-state index in [0.717, 1.165) is 72.7 Å². The van der Waals surface area contributed by atoms with Crippen molar-refractivity contribution in [1.29, 1.82) is 5.26 Å². The van der Waals surface area contributed by atoms with Gasteiger partial charge in [0.2, 0.25) is 0 Å². The largest absolute Gasteiger partial charge is 0.369 e. The van der Waals surface area contributed by atoms with Crippen LogP contribution in [0.5, 0.6) is 0 Å². The lowest BCUT2D eigenvalue weighted by Gasteiger charge is -2.36. The first-order valence-corrected chi connectivity index (χ1v) is 14.2. The van der Waals surface area contributed by atoms with Gasteiger partial charge in [-0.25, -0.2) is 0 Å². The molecular weight excluding hydrogens is 548 g/mol. The van der Waals surface area contributed by atoms with Crippen molar-refractivity contribution < 1.29 is 0 Å². The number of halogens is 1. The topological polar surface area (TPSA) is 59.6 Å². The minimum absolute atomic E-state index is 0.626. The lowest BCUT2D eigenvalue weighted by Crippen LogP contribution is -2.46. The Hall–Kier alpha value is -3.86. The summed E-state index contributed by atoms with van der Waals surface area (Å²) >= 11 is 3.51. The summed E-state index contributed by atoms with van der Waals surface area (Å²) in [5, 5.41) is 13.4. The van der Waals surface area contributed by atoms with Crippen molar-refractivity contribution in [3.05, 3.63) is 107 Å². The van der Waals surface area contributed by atoms with Crippen LogP contribution in [-0.4, -0.2) is 55.1 Å². The van der Waals surface area contributed by atoms with Gasteiger partial charge in [0.1, 0.15) is 17.5 Å². The van der Waals surface area contributed by atoms with Crippen LogP contribution < -0.4 is 10.2 Å². The van der Waals surface area contributed by atoms with Crippen molar-refractivity contribution in [1.82, 2.24) is 9.47 Å². The zero-order valence-electron chi connectivity index (χ0n) is 22.0. The van der Waals surface area contributed by atoms with Crippen LogP contribution in [0, 0.1) is 11.3 Å². The molecule has 0 aliphatic carbocycles. The Morgan fingerprint density at radius 1 is 0.897 bits per heavy atom. The first-order valence-electron chi connectivity index (χ1n) is 13.4. The summed E-state index contributed by atoms with van der Waals surface area (Å²) in [6, 6.07) is 31.4. The van der Waals surface area contributed by atoms with E-state index in [9.17, 15) is 5.26 Å². The van der Waals surface area contributed by atoms with Crippen LogP contribution in [0.2, 0.25) is 0 Å². The van der Waals surface area contributed by atoms with E-state index < -0.39 is 0 Å². The number of aliphatic imine (C=N–C) groups is 1. The SMILES string of the molecule is N#Cc1c(-c2ccccc2)cn(Cc2ccc(Br)cc2)c1NC=NCCCN1CCN(c2ccccc2)CC1. The molecule has 1 aliphatic rings. The number of anilines is 2. The average Bonchev–Trinajstić information content (AvgIpc) is 3.34. The highest BCUT2D eigenvalue weighted by molar-refractivity contribution is 9.10. The fourth-order valence-electron chi connectivity index (χ4n) is 5.00. The van der Waals surface area contributed by atoms with Gasteiger partial charge in [-0.3, -0.25) is 9.89 Å². The molecule has 1 aromatic heterocycles. The first-order chi connectivity index (χ1) is 19.2. The molecule has 1 fully saturated rings. The molecule has 4 aromatic rings. The molecule has 198 valence electrons. The van der Waals surface area contributed by atoms with E-state index >= 15 is 0 Å². The number of hydrogen-bond donors (Lipinski definition) is 1. The average molecular weight is 582 g/mol. The smallest absolute Gasteiger partial charge is 0.130 e. The number of nitrogens with one attached hydrogen (secondary N) is 1. The molecule has 0 radical (unpaired) electrons. The molecule has 0 spiro atoms. The summed E-state index contributed by atoms with van der Waals surface area (Å²) in [5.41, 5.74) is 5.03. The molecule has 7 heteroatoms. The molecule has 0 atom stereocenters. The normalized spacial score (nSPS) is 14.0. The van der Waals surface area contributed by atoms with Gasteiger partial charge < -0.3 is 14.8 Å². The third kappa shape index (κ3) is 6.97. The third-order valence-corrected chi connectivity index (χ3v) is 7.62. The fourth-order valence-corrected chi connectivity index (χ4v) is 5.26. The van der Waals surface area contributed by atoms with Crippen molar-refractivity contribution in [2.75, 3.05) is 49.5 Å². The summed E-state index contributed by atoms with van der Waals surface area (Å²) in [6.45, 7) is 6.71. The molecule has 0 unspecified atom stereocenters. The van der Waals surface area contributed by atoms with Crippen molar-refractivity contribution >= 4 is 33.8 Å². The van der Waals surface area contributed by atoms with Crippen molar-refractivity contribution in [3.8, 4) is 17.2 Å². The Bertz CT molecular complexity index is 1400. The maximum Gasteiger partial charge on any atom is 0.130 e. The van der Waals surface area contributed by atoms with Crippen molar-refractivity contribution in [2.45, 2.75) is 13.0 Å². The molecule has 6 nitrogen and oxygen atoms in total. The van der Waals surface area contributed by atoms with Gasteiger partial charge in [-0.15, -0.1) is 0 Å². The number of hydrogen-bond acceptors (Lipinski definition) is 4. The Kier molecular flexibility index (Phi) is 9.10. The van der Waals surface area contributed by atoms with Gasteiger partial charge in [0, 0.05) is 67.7 Å². The number of nitrogens with zero attached hydrogens (tertiary/aromatic N) is 5. The van der Waals surface area contributed by atoms with Crippen LogP contribution in [0.3, 0.4) is 0 Å². The molecule has 0 amide bonds. The molecule has 1 aliphatic heterocycles. The molecule has 0 saturated carbocycles. The van der Waals surface area contributed by atoms with Gasteiger partial charge in [-0.1, -0.05) is 76.6 Å². The molecule has 3 aromatic carbocycles. The zero-order valence-corrected chi connectivity index (χ0v) is 23.6. The second kappa shape index (κ2) is 13.3. The molecule has 0 bridgehead atoms. The molecule has 1 N–H and O–H groups in total. The van der Waals surface area contributed by atoms with Gasteiger partial charge in [-0.05, 0) is 41.8 Å². The zero-order chi connectivity index (χ0) is 26.9. The van der Waals surface area contributed by atoms with Gasteiger partial charge in [0.05, 0.1) is 6.34 Å². The maximum absolute atomic E-state index is 10.1.